The van der Waals surface area contributed by atoms with Crippen LogP contribution in [-0.2, 0) is 11.3 Å². The number of H-pyrrole nitrogens is 1. The van der Waals surface area contributed by atoms with Crippen LogP contribution in [0.1, 0.15) is 12.7 Å². The van der Waals surface area contributed by atoms with Gasteiger partial charge < -0.3 is 10.3 Å². The molecule has 1 aromatic carbocycles. The highest BCUT2D eigenvalue weighted by Gasteiger charge is 2.11. The molecule has 0 spiro atoms. The first-order chi connectivity index (χ1) is 10.0. The Morgan fingerprint density at radius 3 is 2.90 bits per heavy atom. The largest absolute Gasteiger partial charge is 0.358 e. The first-order valence-electron chi connectivity index (χ1n) is 6.65. The number of aromatic amines is 1. The molecule has 0 unspecified atom stereocenters. The number of carbonyl (C=O) groups excluding carboxylic acids is 1. The highest BCUT2D eigenvalue weighted by Crippen LogP contribution is 2.10. The Morgan fingerprint density at radius 1 is 1.48 bits per heavy atom. The van der Waals surface area contributed by atoms with E-state index in [1.807, 2.05) is 11.8 Å². The molecule has 0 bridgehead atoms. The Labute approximate surface area is 121 Å². The molecule has 112 valence electrons. The predicted octanol–water partition coefficient (Wildman–Crippen LogP) is 0.630. The number of hydrogen-bond acceptors (Lipinski definition) is 4. The zero-order valence-electron chi connectivity index (χ0n) is 11.9. The summed E-state index contributed by atoms with van der Waals surface area (Å²) < 4.78 is 13.2. The average molecular weight is 292 g/mol. The molecule has 0 radical (unpaired) electrons. The van der Waals surface area contributed by atoms with Gasteiger partial charge in [0.05, 0.1) is 24.0 Å². The highest BCUT2D eigenvalue weighted by atomic mass is 19.1. The number of halogens is 1. The Hall–Kier alpha value is -2.28. The van der Waals surface area contributed by atoms with E-state index in [0.29, 0.717) is 29.8 Å². The number of nitrogens with one attached hydrogen (secondary N) is 2. The summed E-state index contributed by atoms with van der Waals surface area (Å²) in [5, 5.41) is 2.88. The van der Waals surface area contributed by atoms with Gasteiger partial charge in [0.15, 0.2) is 0 Å². The molecular formula is C14H17FN4O2. The van der Waals surface area contributed by atoms with E-state index in [-0.39, 0.29) is 18.0 Å². The van der Waals surface area contributed by atoms with Gasteiger partial charge in [0.1, 0.15) is 11.6 Å². The maximum atomic E-state index is 13.2. The average Bonchev–Trinajstić information content (AvgIpc) is 2.45. The van der Waals surface area contributed by atoms with Crippen LogP contribution in [0.2, 0.25) is 0 Å². The van der Waals surface area contributed by atoms with Crippen LogP contribution >= 0.6 is 0 Å². The number of nitrogens with zero attached hydrogens (tertiary/aromatic N) is 2. The van der Waals surface area contributed by atoms with Crippen molar-refractivity contribution in [3.63, 3.8) is 0 Å². The van der Waals surface area contributed by atoms with E-state index >= 15 is 0 Å². The van der Waals surface area contributed by atoms with Crippen LogP contribution in [0.5, 0.6) is 0 Å². The van der Waals surface area contributed by atoms with Gasteiger partial charge >= 0.3 is 0 Å². The molecule has 0 saturated carbocycles. The first kappa shape index (κ1) is 15.1. The SMILES string of the molecule is CCN(CC(=O)NC)Cc1nc2cc(F)ccc2c(=O)[nH]1. The van der Waals surface area contributed by atoms with Crippen LogP contribution in [0.3, 0.4) is 0 Å². The van der Waals surface area contributed by atoms with Gasteiger partial charge in [0.2, 0.25) is 5.91 Å². The standard InChI is InChI=1S/C14H17FN4O2/c1-3-19(8-13(20)16-2)7-12-17-11-6-9(15)4-5-10(11)14(21)18-12/h4-6H,3,7-8H2,1-2H3,(H,16,20)(H,17,18,21). The molecule has 0 aliphatic heterocycles. The summed E-state index contributed by atoms with van der Waals surface area (Å²) in [4.78, 5) is 32.1. The van der Waals surface area contributed by atoms with Crippen molar-refractivity contribution in [3.8, 4) is 0 Å². The van der Waals surface area contributed by atoms with Crippen molar-refractivity contribution in [1.82, 2.24) is 20.2 Å². The van der Waals surface area contributed by atoms with Gasteiger partial charge in [-0.2, -0.15) is 0 Å². The molecule has 0 atom stereocenters. The number of aromatic nitrogens is 2. The normalized spacial score (nSPS) is 11.0. The van der Waals surface area contributed by atoms with E-state index in [2.05, 4.69) is 15.3 Å². The quantitative estimate of drug-likeness (QED) is 0.847. The molecule has 0 aliphatic carbocycles. The van der Waals surface area contributed by atoms with Crippen LogP contribution in [0.25, 0.3) is 10.9 Å². The third-order valence-corrected chi connectivity index (χ3v) is 3.18. The summed E-state index contributed by atoms with van der Waals surface area (Å²) in [5.41, 5.74) is -0.00394. The molecular weight excluding hydrogens is 275 g/mol. The summed E-state index contributed by atoms with van der Waals surface area (Å²) in [6.45, 7) is 3.05. The maximum Gasteiger partial charge on any atom is 0.258 e. The van der Waals surface area contributed by atoms with Crippen LogP contribution in [0.4, 0.5) is 4.39 Å². The van der Waals surface area contributed by atoms with Crippen LogP contribution < -0.4 is 10.9 Å². The van der Waals surface area contributed by atoms with Crippen LogP contribution in [0, 0.1) is 5.82 Å². The van der Waals surface area contributed by atoms with Gasteiger partial charge in [-0.25, -0.2) is 9.37 Å². The highest BCUT2D eigenvalue weighted by molar-refractivity contribution is 5.78. The summed E-state index contributed by atoms with van der Waals surface area (Å²) >= 11 is 0. The molecule has 0 aliphatic rings. The second kappa shape index (κ2) is 6.45. The van der Waals surface area contributed by atoms with Gasteiger partial charge in [-0.15, -0.1) is 0 Å². The number of hydrogen-bond donors (Lipinski definition) is 2. The summed E-state index contributed by atoms with van der Waals surface area (Å²) in [7, 11) is 1.56. The number of likely N-dealkylation sites (N-methyl/N-ethyl adjacent to an activating group) is 2. The minimum Gasteiger partial charge on any atom is -0.358 e. The Bertz CT molecular complexity index is 714. The fourth-order valence-electron chi connectivity index (χ4n) is 2.01. The lowest BCUT2D eigenvalue weighted by molar-refractivity contribution is -0.121. The van der Waals surface area contributed by atoms with E-state index < -0.39 is 5.82 Å². The molecule has 2 aromatic rings. The molecule has 1 aromatic heterocycles. The lowest BCUT2D eigenvalue weighted by Crippen LogP contribution is -2.35. The fraction of sp³-hybridized carbons (Fsp3) is 0.357. The van der Waals surface area contributed by atoms with E-state index in [0.717, 1.165) is 0 Å². The first-order valence-corrected chi connectivity index (χ1v) is 6.65. The second-order valence-electron chi connectivity index (χ2n) is 4.65. The number of amides is 1. The molecule has 0 saturated heterocycles. The molecule has 6 nitrogen and oxygen atoms in total. The molecule has 0 fully saturated rings. The van der Waals surface area contributed by atoms with E-state index in [1.54, 1.807) is 7.05 Å². The lowest BCUT2D eigenvalue weighted by atomic mass is 10.2. The Balaban J connectivity index is 2.29. The van der Waals surface area contributed by atoms with Crippen molar-refractivity contribution in [2.75, 3.05) is 20.1 Å². The molecule has 1 heterocycles. The molecule has 21 heavy (non-hydrogen) atoms. The van der Waals surface area contributed by atoms with E-state index in [1.165, 1.54) is 18.2 Å². The smallest absolute Gasteiger partial charge is 0.258 e. The van der Waals surface area contributed by atoms with Gasteiger partial charge in [-0.1, -0.05) is 6.92 Å². The van der Waals surface area contributed by atoms with Gasteiger partial charge in [-0.05, 0) is 18.7 Å². The van der Waals surface area contributed by atoms with Crippen LogP contribution in [0.15, 0.2) is 23.0 Å². The summed E-state index contributed by atoms with van der Waals surface area (Å²) in [6.07, 6.45) is 0. The number of fused-ring (bicyclic) bond motifs is 1. The van der Waals surface area contributed by atoms with Crippen molar-refractivity contribution in [1.29, 1.82) is 0 Å². The summed E-state index contributed by atoms with van der Waals surface area (Å²) in [6, 6.07) is 3.86. The fourth-order valence-corrected chi connectivity index (χ4v) is 2.01. The lowest BCUT2D eigenvalue weighted by Gasteiger charge is -2.18. The Kier molecular flexibility index (Phi) is 4.64. The third-order valence-electron chi connectivity index (χ3n) is 3.18. The van der Waals surface area contributed by atoms with Crippen molar-refractivity contribution in [2.45, 2.75) is 13.5 Å². The van der Waals surface area contributed by atoms with Gasteiger partial charge in [0, 0.05) is 13.1 Å². The van der Waals surface area contributed by atoms with Gasteiger partial charge in [0.25, 0.3) is 5.56 Å². The minimum atomic E-state index is -0.441. The number of rotatable bonds is 5. The van der Waals surface area contributed by atoms with Crippen molar-refractivity contribution in [2.24, 2.45) is 0 Å². The molecule has 7 heteroatoms. The topological polar surface area (TPSA) is 78.1 Å². The zero-order chi connectivity index (χ0) is 15.4. The molecule has 2 N–H and O–H groups in total. The van der Waals surface area contributed by atoms with Crippen molar-refractivity contribution < 1.29 is 9.18 Å². The molecule has 2 rings (SSSR count). The number of benzene rings is 1. The monoisotopic (exact) mass is 292 g/mol. The van der Waals surface area contributed by atoms with Crippen molar-refractivity contribution >= 4 is 16.8 Å². The van der Waals surface area contributed by atoms with Crippen LogP contribution in [-0.4, -0.2) is 40.9 Å². The van der Waals surface area contributed by atoms with E-state index in [9.17, 15) is 14.0 Å². The van der Waals surface area contributed by atoms with E-state index in [4.69, 9.17) is 0 Å². The Morgan fingerprint density at radius 2 is 2.24 bits per heavy atom. The molecule has 1 amide bonds. The third kappa shape index (κ3) is 3.63. The number of carbonyl (C=O) groups is 1. The summed E-state index contributed by atoms with van der Waals surface area (Å²) in [5.74, 6) is -0.154. The predicted molar refractivity (Wildman–Crippen MR) is 77.3 cm³/mol. The minimum absolute atomic E-state index is 0.119. The second-order valence-corrected chi connectivity index (χ2v) is 4.65. The van der Waals surface area contributed by atoms with Gasteiger partial charge in [-0.3, -0.25) is 14.5 Å². The van der Waals surface area contributed by atoms with Crippen molar-refractivity contribution in [3.05, 3.63) is 40.2 Å². The zero-order valence-corrected chi connectivity index (χ0v) is 11.9. The maximum absolute atomic E-state index is 13.2.